The molecule has 7 nitrogen and oxygen atoms in total. The van der Waals surface area contributed by atoms with Crippen LogP contribution < -0.4 is 10.6 Å². The van der Waals surface area contributed by atoms with E-state index in [-0.39, 0.29) is 0 Å². The van der Waals surface area contributed by atoms with Gasteiger partial charge in [0.25, 0.3) is 0 Å². The average Bonchev–Trinajstić information content (AvgIpc) is 3.14. The molecule has 0 saturated carbocycles. The van der Waals surface area contributed by atoms with E-state index in [1.165, 1.54) is 4.90 Å². The van der Waals surface area contributed by atoms with Crippen molar-refractivity contribution in [2.24, 2.45) is 0 Å². The van der Waals surface area contributed by atoms with E-state index in [1.54, 1.807) is 11.8 Å². The van der Waals surface area contributed by atoms with Gasteiger partial charge in [0.05, 0.1) is 13.2 Å². The van der Waals surface area contributed by atoms with Crippen LogP contribution in [0.25, 0.3) is 0 Å². The lowest BCUT2D eigenvalue weighted by molar-refractivity contribution is 0.0398. The first-order valence-corrected chi connectivity index (χ1v) is 10.6. The number of rotatable bonds is 8. The molecule has 0 spiro atoms. The Morgan fingerprint density at radius 2 is 1.83 bits per heavy atom. The van der Waals surface area contributed by atoms with Crippen LogP contribution in [0.4, 0.5) is 17.5 Å². The largest absolute Gasteiger partial charge is 0.379 e. The molecule has 2 aromatic heterocycles. The van der Waals surface area contributed by atoms with Gasteiger partial charge in [-0.15, -0.1) is 0 Å². The maximum Gasteiger partial charge on any atom is 0.153 e. The Morgan fingerprint density at radius 3 is 2.59 bits per heavy atom. The highest BCUT2D eigenvalue weighted by Crippen LogP contribution is 2.31. The molecule has 0 amide bonds. The fourth-order valence-corrected chi connectivity index (χ4v) is 4.03. The summed E-state index contributed by atoms with van der Waals surface area (Å²) in [5.41, 5.74) is 1.01. The summed E-state index contributed by atoms with van der Waals surface area (Å²) in [6.07, 6.45) is 0. The lowest BCUT2D eigenvalue weighted by atomic mass is 10.4. The number of aryl methyl sites for hydroxylation is 1. The molecule has 0 radical (unpaired) electrons. The van der Waals surface area contributed by atoms with Gasteiger partial charge in [0.1, 0.15) is 11.6 Å². The number of benzene rings is 1. The van der Waals surface area contributed by atoms with Crippen LogP contribution in [0.3, 0.4) is 0 Å². The molecule has 8 heteroatoms. The third-order valence-electron chi connectivity index (χ3n) is 4.58. The topological polar surface area (TPSA) is 78.1 Å². The van der Waals surface area contributed by atoms with Crippen LogP contribution in [-0.2, 0) is 4.74 Å². The minimum Gasteiger partial charge on any atom is -0.379 e. The number of nitrogens with one attached hydrogen (secondary N) is 3. The molecule has 0 unspecified atom stereocenters. The van der Waals surface area contributed by atoms with Crippen molar-refractivity contribution in [1.29, 1.82) is 0 Å². The van der Waals surface area contributed by atoms with E-state index in [4.69, 9.17) is 9.72 Å². The molecular weight excluding hydrogens is 384 g/mol. The van der Waals surface area contributed by atoms with E-state index >= 15 is 0 Å². The molecule has 1 fully saturated rings. The van der Waals surface area contributed by atoms with Gasteiger partial charge in [-0.3, -0.25) is 10.00 Å². The summed E-state index contributed by atoms with van der Waals surface area (Å²) in [5, 5.41) is 14.0. The summed E-state index contributed by atoms with van der Waals surface area (Å²) >= 11 is 1.72. The number of anilines is 3. The molecule has 4 rings (SSSR count). The second-order valence-electron chi connectivity index (χ2n) is 6.93. The molecule has 1 aromatic carbocycles. The van der Waals surface area contributed by atoms with Crippen molar-refractivity contribution in [3.05, 3.63) is 54.2 Å². The molecule has 0 atom stereocenters. The smallest absolute Gasteiger partial charge is 0.153 e. The molecule has 0 aliphatic carbocycles. The minimum atomic E-state index is 0.760. The maximum absolute atomic E-state index is 5.42. The number of H-pyrrole nitrogens is 1. The van der Waals surface area contributed by atoms with E-state index in [0.29, 0.717) is 0 Å². The molecule has 3 heterocycles. The van der Waals surface area contributed by atoms with Gasteiger partial charge in [-0.05, 0) is 31.2 Å². The molecule has 29 heavy (non-hydrogen) atoms. The van der Waals surface area contributed by atoms with E-state index in [1.807, 2.05) is 19.1 Å². The van der Waals surface area contributed by atoms with Crippen molar-refractivity contribution in [1.82, 2.24) is 20.1 Å². The maximum atomic E-state index is 5.42. The Hall–Kier alpha value is -2.55. The van der Waals surface area contributed by atoms with Crippen LogP contribution in [0, 0.1) is 6.92 Å². The van der Waals surface area contributed by atoms with Gasteiger partial charge >= 0.3 is 0 Å². The molecule has 1 aliphatic heterocycles. The Kier molecular flexibility index (Phi) is 6.66. The number of pyridine rings is 1. The van der Waals surface area contributed by atoms with Crippen LogP contribution in [0.1, 0.15) is 5.69 Å². The van der Waals surface area contributed by atoms with Crippen molar-refractivity contribution in [2.45, 2.75) is 16.7 Å². The number of aromatic amines is 1. The SMILES string of the molecule is Cc1cc(Nc2cc(Sc3ccccc3)cc(NCCN3CCOCC3)n2)n[nH]1. The predicted molar refractivity (Wildman–Crippen MR) is 117 cm³/mol. The lowest BCUT2D eigenvalue weighted by Gasteiger charge is -2.26. The summed E-state index contributed by atoms with van der Waals surface area (Å²) in [5.74, 6) is 2.39. The van der Waals surface area contributed by atoms with Crippen LogP contribution in [-0.4, -0.2) is 59.5 Å². The first-order valence-electron chi connectivity index (χ1n) is 9.82. The number of hydrogen-bond acceptors (Lipinski definition) is 7. The van der Waals surface area contributed by atoms with Crippen molar-refractivity contribution in [2.75, 3.05) is 50.0 Å². The van der Waals surface area contributed by atoms with Gasteiger partial charge in [0, 0.05) is 47.7 Å². The third kappa shape index (κ3) is 5.96. The third-order valence-corrected chi connectivity index (χ3v) is 5.56. The van der Waals surface area contributed by atoms with E-state index in [0.717, 1.165) is 67.4 Å². The number of nitrogens with zero attached hydrogens (tertiary/aromatic N) is 3. The molecular formula is C21H26N6OS. The molecule has 152 valence electrons. The van der Waals surface area contributed by atoms with Crippen molar-refractivity contribution < 1.29 is 4.74 Å². The second-order valence-corrected chi connectivity index (χ2v) is 8.08. The number of morpholine rings is 1. The summed E-state index contributed by atoms with van der Waals surface area (Å²) in [4.78, 5) is 9.45. The van der Waals surface area contributed by atoms with Gasteiger partial charge in [-0.2, -0.15) is 5.10 Å². The van der Waals surface area contributed by atoms with Crippen LogP contribution in [0.2, 0.25) is 0 Å². The fourth-order valence-electron chi connectivity index (χ4n) is 3.12. The Bertz CT molecular complexity index is 911. The van der Waals surface area contributed by atoms with Crippen LogP contribution in [0.5, 0.6) is 0 Å². The predicted octanol–water partition coefficient (Wildman–Crippen LogP) is 3.75. The minimum absolute atomic E-state index is 0.760. The van der Waals surface area contributed by atoms with E-state index < -0.39 is 0 Å². The molecule has 1 saturated heterocycles. The number of ether oxygens (including phenoxy) is 1. The van der Waals surface area contributed by atoms with E-state index in [2.05, 4.69) is 62.1 Å². The highest BCUT2D eigenvalue weighted by atomic mass is 32.2. The van der Waals surface area contributed by atoms with Crippen LogP contribution >= 0.6 is 11.8 Å². The monoisotopic (exact) mass is 410 g/mol. The van der Waals surface area contributed by atoms with E-state index in [9.17, 15) is 0 Å². The Morgan fingerprint density at radius 1 is 1.03 bits per heavy atom. The average molecular weight is 411 g/mol. The molecule has 0 bridgehead atoms. The standard InChI is InChI=1S/C21H26N6OS/c1-16-13-21(26-25-16)24-20-15-18(29-17-5-3-2-4-6-17)14-19(23-20)22-7-8-27-9-11-28-12-10-27/h2-6,13-15H,7-12H2,1H3,(H3,22,23,24,25,26). The Balaban J connectivity index is 1.47. The summed E-state index contributed by atoms with van der Waals surface area (Å²) < 4.78 is 5.42. The highest BCUT2D eigenvalue weighted by Gasteiger charge is 2.10. The van der Waals surface area contributed by atoms with Crippen LogP contribution in [0.15, 0.2) is 58.3 Å². The molecule has 3 aromatic rings. The summed E-state index contributed by atoms with van der Waals surface area (Å²) in [6, 6.07) is 16.5. The number of hydrogen-bond donors (Lipinski definition) is 3. The molecule has 3 N–H and O–H groups in total. The summed E-state index contributed by atoms with van der Waals surface area (Å²) in [7, 11) is 0. The first kappa shape index (κ1) is 19.8. The second kappa shape index (κ2) is 9.78. The van der Waals surface area contributed by atoms with Gasteiger partial charge in [-0.25, -0.2) is 4.98 Å². The van der Waals surface area contributed by atoms with Crippen molar-refractivity contribution >= 4 is 29.2 Å². The van der Waals surface area contributed by atoms with Gasteiger partial charge < -0.3 is 15.4 Å². The van der Waals surface area contributed by atoms with Gasteiger partial charge in [0.15, 0.2) is 5.82 Å². The molecule has 1 aliphatic rings. The van der Waals surface area contributed by atoms with Crippen molar-refractivity contribution in [3.8, 4) is 0 Å². The van der Waals surface area contributed by atoms with Crippen molar-refractivity contribution in [3.63, 3.8) is 0 Å². The number of aromatic nitrogens is 3. The fraction of sp³-hybridized carbons (Fsp3) is 0.333. The summed E-state index contributed by atoms with van der Waals surface area (Å²) in [6.45, 7) is 7.41. The Labute approximate surface area is 175 Å². The zero-order chi connectivity index (χ0) is 19.9. The van der Waals surface area contributed by atoms with Gasteiger partial charge in [0.2, 0.25) is 0 Å². The first-order chi connectivity index (χ1) is 14.2. The quantitative estimate of drug-likeness (QED) is 0.522. The zero-order valence-electron chi connectivity index (χ0n) is 16.5. The lowest BCUT2D eigenvalue weighted by Crippen LogP contribution is -2.39. The zero-order valence-corrected chi connectivity index (χ0v) is 17.3. The van der Waals surface area contributed by atoms with Gasteiger partial charge in [-0.1, -0.05) is 30.0 Å². The normalized spacial score (nSPS) is 14.7. The highest BCUT2D eigenvalue weighted by molar-refractivity contribution is 7.99.